The smallest absolute Gasteiger partial charge is 0.194 e. The Morgan fingerprint density at radius 2 is 2.23 bits per heavy atom. The normalized spacial score (nSPS) is 19.0. The zero-order chi connectivity index (χ0) is 18.0. The van der Waals surface area contributed by atoms with Crippen molar-refractivity contribution in [2.75, 3.05) is 19.6 Å². The summed E-state index contributed by atoms with van der Waals surface area (Å²) in [5.74, 6) is 0.700. The molecular formula is C20H26FN5. The van der Waals surface area contributed by atoms with E-state index >= 15 is 0 Å². The minimum atomic E-state index is -0.254. The number of hydrogen-bond acceptors (Lipinski definition) is 2. The number of nitrogens with one attached hydrogen (secondary N) is 1. The minimum absolute atomic E-state index is 0.254. The van der Waals surface area contributed by atoms with Crippen molar-refractivity contribution in [1.29, 1.82) is 0 Å². The number of imidazole rings is 1. The van der Waals surface area contributed by atoms with E-state index in [9.17, 15) is 4.39 Å². The number of halogens is 1. The molecule has 6 heteroatoms. The summed E-state index contributed by atoms with van der Waals surface area (Å²) < 4.78 is 16.1. The summed E-state index contributed by atoms with van der Waals surface area (Å²) in [5.41, 5.74) is 1.92. The predicted octanol–water partition coefficient (Wildman–Crippen LogP) is 3.35. The van der Waals surface area contributed by atoms with Crippen LogP contribution in [0.5, 0.6) is 0 Å². The van der Waals surface area contributed by atoms with Gasteiger partial charge in [-0.15, -0.1) is 0 Å². The maximum Gasteiger partial charge on any atom is 0.194 e. The van der Waals surface area contributed by atoms with Gasteiger partial charge in [-0.2, -0.15) is 0 Å². The van der Waals surface area contributed by atoms with Crippen LogP contribution in [0.1, 0.15) is 38.2 Å². The van der Waals surface area contributed by atoms with Gasteiger partial charge in [0.1, 0.15) is 5.82 Å². The Kier molecular flexibility index (Phi) is 4.66. The first-order chi connectivity index (χ1) is 12.7. The lowest BCUT2D eigenvalue weighted by Crippen LogP contribution is -2.42. The van der Waals surface area contributed by atoms with E-state index in [0.29, 0.717) is 17.6 Å². The Hall–Kier alpha value is -2.37. The summed E-state index contributed by atoms with van der Waals surface area (Å²) in [7, 11) is 0. The van der Waals surface area contributed by atoms with Gasteiger partial charge < -0.3 is 14.8 Å². The molecule has 1 saturated carbocycles. The van der Waals surface area contributed by atoms with Crippen LogP contribution >= 0.6 is 0 Å². The topological polar surface area (TPSA) is 45.5 Å². The maximum atomic E-state index is 14.4. The zero-order valence-corrected chi connectivity index (χ0v) is 15.3. The van der Waals surface area contributed by atoms with Crippen molar-refractivity contribution in [2.45, 2.75) is 39.2 Å². The quantitative estimate of drug-likeness (QED) is 0.676. The van der Waals surface area contributed by atoms with E-state index in [0.717, 1.165) is 31.2 Å². The van der Waals surface area contributed by atoms with Gasteiger partial charge in [-0.1, -0.05) is 12.5 Å². The van der Waals surface area contributed by atoms with E-state index in [1.165, 1.54) is 25.7 Å². The fourth-order valence-corrected chi connectivity index (χ4v) is 4.05. The Balaban J connectivity index is 1.47. The third-order valence-corrected chi connectivity index (χ3v) is 5.69. The largest absolute Gasteiger partial charge is 0.357 e. The van der Waals surface area contributed by atoms with Crippen LogP contribution in [0.25, 0.3) is 5.69 Å². The molecule has 1 aromatic carbocycles. The van der Waals surface area contributed by atoms with Crippen LogP contribution in [0.15, 0.2) is 41.9 Å². The molecule has 2 heterocycles. The first-order valence-electron chi connectivity index (χ1n) is 9.49. The average molecular weight is 355 g/mol. The fourth-order valence-electron chi connectivity index (χ4n) is 4.05. The van der Waals surface area contributed by atoms with Gasteiger partial charge in [-0.3, -0.25) is 0 Å². The highest BCUT2D eigenvalue weighted by atomic mass is 19.1. The highest BCUT2D eigenvalue weighted by molar-refractivity contribution is 5.80. The van der Waals surface area contributed by atoms with E-state index in [1.807, 2.05) is 6.07 Å². The monoisotopic (exact) mass is 355 g/mol. The number of guanidine groups is 1. The first-order valence-corrected chi connectivity index (χ1v) is 9.49. The SMILES string of the molecule is CCNC(=NCc1ccc(-n2ccnc2)c(F)c1)N1CCC2(CCC2)C1. The summed E-state index contributed by atoms with van der Waals surface area (Å²) in [4.78, 5) is 11.1. The summed E-state index contributed by atoms with van der Waals surface area (Å²) in [6.45, 7) is 5.58. The molecule has 26 heavy (non-hydrogen) atoms. The van der Waals surface area contributed by atoms with Crippen molar-refractivity contribution >= 4 is 5.96 Å². The lowest BCUT2D eigenvalue weighted by Gasteiger charge is -2.38. The van der Waals surface area contributed by atoms with Crippen molar-refractivity contribution in [3.8, 4) is 5.69 Å². The predicted molar refractivity (Wildman–Crippen MR) is 101 cm³/mol. The number of likely N-dealkylation sites (tertiary alicyclic amines) is 1. The summed E-state index contributed by atoms with van der Waals surface area (Å²) in [5, 5.41) is 3.40. The Morgan fingerprint density at radius 1 is 1.35 bits per heavy atom. The molecule has 1 aliphatic carbocycles. The molecule has 4 rings (SSSR count). The van der Waals surface area contributed by atoms with Crippen LogP contribution < -0.4 is 5.32 Å². The second-order valence-electron chi connectivity index (χ2n) is 7.45. The molecule has 5 nitrogen and oxygen atoms in total. The molecule has 1 spiro atoms. The lowest BCUT2D eigenvalue weighted by atomic mass is 9.68. The van der Waals surface area contributed by atoms with E-state index < -0.39 is 0 Å². The standard InChI is InChI=1S/C20H26FN5/c1-2-23-19(25-10-8-20(14-25)6-3-7-20)24-13-16-4-5-18(17(21)12-16)26-11-9-22-15-26/h4-5,9,11-12,15H,2-3,6-8,10,13-14H2,1H3,(H,23,24). The molecule has 0 unspecified atom stereocenters. The van der Waals surface area contributed by atoms with Gasteiger partial charge in [-0.05, 0) is 49.3 Å². The van der Waals surface area contributed by atoms with Gasteiger partial charge in [0.05, 0.1) is 18.6 Å². The molecule has 0 amide bonds. The van der Waals surface area contributed by atoms with Gasteiger partial charge in [0, 0.05) is 32.0 Å². The first kappa shape index (κ1) is 17.1. The highest BCUT2D eigenvalue weighted by Crippen LogP contribution is 2.47. The molecule has 1 aromatic heterocycles. The van der Waals surface area contributed by atoms with Crippen LogP contribution in [0.4, 0.5) is 4.39 Å². The Morgan fingerprint density at radius 3 is 2.85 bits per heavy atom. The summed E-state index contributed by atoms with van der Waals surface area (Å²) in [6, 6.07) is 5.29. The molecule has 0 radical (unpaired) electrons. The molecule has 2 aliphatic rings. The summed E-state index contributed by atoms with van der Waals surface area (Å²) in [6.07, 6.45) is 10.3. The van der Waals surface area contributed by atoms with Crippen LogP contribution in [-0.4, -0.2) is 40.0 Å². The molecule has 0 bridgehead atoms. The molecule has 138 valence electrons. The van der Waals surface area contributed by atoms with Crippen molar-refractivity contribution in [2.24, 2.45) is 10.4 Å². The van der Waals surface area contributed by atoms with Crippen molar-refractivity contribution in [3.05, 3.63) is 48.3 Å². The van der Waals surface area contributed by atoms with Crippen LogP contribution in [0, 0.1) is 11.2 Å². The van der Waals surface area contributed by atoms with Crippen LogP contribution in [0.3, 0.4) is 0 Å². The molecular weight excluding hydrogens is 329 g/mol. The van der Waals surface area contributed by atoms with Gasteiger partial charge >= 0.3 is 0 Å². The van der Waals surface area contributed by atoms with Crippen LogP contribution in [0.2, 0.25) is 0 Å². The number of hydrogen-bond donors (Lipinski definition) is 1. The average Bonchev–Trinajstić information content (AvgIpc) is 3.28. The van der Waals surface area contributed by atoms with E-state index in [-0.39, 0.29) is 5.82 Å². The highest BCUT2D eigenvalue weighted by Gasteiger charge is 2.43. The second kappa shape index (κ2) is 7.09. The van der Waals surface area contributed by atoms with Gasteiger partial charge in [0.2, 0.25) is 0 Å². The molecule has 1 N–H and O–H groups in total. The van der Waals surface area contributed by atoms with Crippen molar-refractivity contribution in [3.63, 3.8) is 0 Å². The summed E-state index contributed by atoms with van der Waals surface area (Å²) >= 11 is 0. The van der Waals surface area contributed by atoms with E-state index in [2.05, 4.69) is 22.1 Å². The van der Waals surface area contributed by atoms with Gasteiger partial charge in [-0.25, -0.2) is 14.4 Å². The van der Waals surface area contributed by atoms with Gasteiger partial charge in [0.15, 0.2) is 5.96 Å². The van der Waals surface area contributed by atoms with Crippen LogP contribution in [-0.2, 0) is 6.54 Å². The van der Waals surface area contributed by atoms with E-state index in [1.54, 1.807) is 35.4 Å². The fraction of sp³-hybridized carbons (Fsp3) is 0.500. The minimum Gasteiger partial charge on any atom is -0.357 e. The van der Waals surface area contributed by atoms with Gasteiger partial charge in [0.25, 0.3) is 0 Å². The Bertz CT molecular complexity index is 780. The third-order valence-electron chi connectivity index (χ3n) is 5.69. The number of benzene rings is 1. The van der Waals surface area contributed by atoms with Crippen molar-refractivity contribution in [1.82, 2.24) is 19.8 Å². The molecule has 2 fully saturated rings. The number of aromatic nitrogens is 2. The molecule has 2 aromatic rings. The van der Waals surface area contributed by atoms with E-state index in [4.69, 9.17) is 4.99 Å². The molecule has 1 aliphatic heterocycles. The van der Waals surface area contributed by atoms with Crippen molar-refractivity contribution < 1.29 is 4.39 Å². The number of nitrogens with zero attached hydrogens (tertiary/aromatic N) is 4. The third kappa shape index (κ3) is 3.32. The number of rotatable bonds is 4. The molecule has 0 atom stereocenters. The second-order valence-corrected chi connectivity index (χ2v) is 7.45. The lowest BCUT2D eigenvalue weighted by molar-refractivity contribution is 0.151. The zero-order valence-electron chi connectivity index (χ0n) is 15.3. The molecule has 1 saturated heterocycles. The Labute approximate surface area is 154 Å². The maximum absolute atomic E-state index is 14.4. The number of aliphatic imine (C=N–C) groups is 1.